The Labute approximate surface area is 172 Å². The van der Waals surface area contributed by atoms with Crippen molar-refractivity contribution in [2.75, 3.05) is 0 Å². The van der Waals surface area contributed by atoms with E-state index in [1.807, 2.05) is 36.8 Å². The van der Waals surface area contributed by atoms with E-state index >= 15 is 0 Å². The molecule has 0 atom stereocenters. The topological polar surface area (TPSA) is 130 Å². The first-order valence-electron chi connectivity index (χ1n) is 10.1. The van der Waals surface area contributed by atoms with Crippen LogP contribution in [-0.2, 0) is 11.3 Å². The molecule has 2 aliphatic heterocycles. The van der Waals surface area contributed by atoms with Crippen molar-refractivity contribution in [3.63, 3.8) is 0 Å². The summed E-state index contributed by atoms with van der Waals surface area (Å²) in [4.78, 5) is 50.0. The van der Waals surface area contributed by atoms with E-state index in [9.17, 15) is 14.4 Å². The van der Waals surface area contributed by atoms with E-state index in [1.165, 1.54) is 0 Å². The Balaban J connectivity index is 2.04. The van der Waals surface area contributed by atoms with Crippen molar-refractivity contribution in [2.24, 2.45) is 4.99 Å². The highest BCUT2D eigenvalue weighted by atomic mass is 16.4. The molecule has 2 aliphatic rings. The molecule has 0 saturated heterocycles. The number of hydrogen-bond acceptors (Lipinski definition) is 6. The minimum absolute atomic E-state index is 0.122. The molecule has 0 radical (unpaired) electrons. The molecule has 30 heavy (non-hydrogen) atoms. The van der Waals surface area contributed by atoms with Gasteiger partial charge < -0.3 is 9.67 Å². The molecule has 3 rings (SSSR count). The normalized spacial score (nSPS) is 11.7. The number of carboxylic acids is 1. The standard InChI is InChI=1S/C21H25N5O4/c1-3-9-22-14-12-16-15(11-13(14)2)23-18-19(24-21(30)25-20(18)29)26(16)10-7-5-4-6-8-17(27)28/h9,11-12H,3-8,10H2,1-2H3,(H,27,28)(H,25,29,30). The predicted molar refractivity (Wildman–Crippen MR) is 115 cm³/mol. The van der Waals surface area contributed by atoms with Crippen LogP contribution >= 0.6 is 0 Å². The van der Waals surface area contributed by atoms with Crippen molar-refractivity contribution in [1.29, 1.82) is 0 Å². The van der Waals surface area contributed by atoms with E-state index in [1.54, 1.807) is 0 Å². The van der Waals surface area contributed by atoms with Crippen LogP contribution in [-0.4, -0.2) is 36.8 Å². The number of carbonyl (C=O) groups is 1. The smallest absolute Gasteiger partial charge is 0.349 e. The van der Waals surface area contributed by atoms with Crippen LogP contribution in [0.5, 0.6) is 0 Å². The third-order valence-electron chi connectivity index (χ3n) is 4.86. The van der Waals surface area contributed by atoms with Crippen LogP contribution in [0.4, 0.5) is 5.69 Å². The van der Waals surface area contributed by atoms with Gasteiger partial charge in [0.05, 0.1) is 16.7 Å². The van der Waals surface area contributed by atoms with Gasteiger partial charge in [0.2, 0.25) is 0 Å². The van der Waals surface area contributed by atoms with Gasteiger partial charge in [0.1, 0.15) is 0 Å². The number of unbranched alkanes of at least 4 members (excludes halogenated alkanes) is 3. The summed E-state index contributed by atoms with van der Waals surface area (Å²) >= 11 is 0. The van der Waals surface area contributed by atoms with E-state index in [4.69, 9.17) is 5.11 Å². The molecule has 0 unspecified atom stereocenters. The van der Waals surface area contributed by atoms with Gasteiger partial charge in [-0.15, -0.1) is 0 Å². The maximum absolute atomic E-state index is 12.3. The SMILES string of the molecule is CCC=Nc1cc2c(cc1C)nc1c(=O)[nH]c(=O)nc-1n2CCCCCCC(=O)O. The number of nitrogens with one attached hydrogen (secondary N) is 1. The Morgan fingerprint density at radius 2 is 1.97 bits per heavy atom. The van der Waals surface area contributed by atoms with E-state index < -0.39 is 17.2 Å². The number of benzene rings is 1. The minimum atomic E-state index is -0.794. The zero-order valence-corrected chi connectivity index (χ0v) is 17.1. The lowest BCUT2D eigenvalue weighted by molar-refractivity contribution is -0.137. The van der Waals surface area contributed by atoms with Crippen LogP contribution < -0.4 is 11.2 Å². The van der Waals surface area contributed by atoms with Crippen LogP contribution in [0, 0.1) is 6.92 Å². The van der Waals surface area contributed by atoms with Crippen molar-refractivity contribution in [3.8, 4) is 11.5 Å². The summed E-state index contributed by atoms with van der Waals surface area (Å²) in [5.74, 6) is -0.548. The monoisotopic (exact) mass is 411 g/mol. The van der Waals surface area contributed by atoms with Crippen molar-refractivity contribution in [2.45, 2.75) is 58.9 Å². The van der Waals surface area contributed by atoms with Crippen molar-refractivity contribution in [3.05, 3.63) is 38.5 Å². The third kappa shape index (κ3) is 4.79. The maximum atomic E-state index is 12.3. The largest absolute Gasteiger partial charge is 0.481 e. The van der Waals surface area contributed by atoms with Gasteiger partial charge in [0, 0.05) is 19.2 Å². The molecule has 0 fully saturated rings. The number of aliphatic imine (C=N–C) groups is 1. The van der Waals surface area contributed by atoms with Crippen LogP contribution in [0.2, 0.25) is 0 Å². The average molecular weight is 411 g/mol. The fourth-order valence-corrected chi connectivity index (χ4v) is 3.39. The Bertz CT molecular complexity index is 1180. The summed E-state index contributed by atoms with van der Waals surface area (Å²) in [5, 5.41) is 8.75. The van der Waals surface area contributed by atoms with Gasteiger partial charge in [0.25, 0.3) is 5.56 Å². The molecule has 0 bridgehead atoms. The van der Waals surface area contributed by atoms with Gasteiger partial charge in [-0.3, -0.25) is 19.6 Å². The number of aromatic amines is 1. The first kappa shape index (κ1) is 21.4. The molecule has 0 amide bonds. The molecule has 0 aliphatic carbocycles. The maximum Gasteiger partial charge on any atom is 0.349 e. The number of H-pyrrole nitrogens is 1. The Kier molecular flexibility index (Phi) is 6.71. The summed E-state index contributed by atoms with van der Waals surface area (Å²) in [6.45, 7) is 4.47. The third-order valence-corrected chi connectivity index (χ3v) is 4.86. The second kappa shape index (κ2) is 9.43. The van der Waals surface area contributed by atoms with Gasteiger partial charge in [-0.05, 0) is 43.9 Å². The number of aromatic nitrogens is 4. The van der Waals surface area contributed by atoms with E-state index in [0.717, 1.165) is 42.5 Å². The molecule has 9 heteroatoms. The average Bonchev–Trinajstić information content (AvgIpc) is 2.69. The summed E-state index contributed by atoms with van der Waals surface area (Å²) in [6.07, 6.45) is 5.78. The number of aliphatic carboxylic acids is 1. The Hall–Kier alpha value is -3.36. The molecule has 0 spiro atoms. The first-order valence-corrected chi connectivity index (χ1v) is 10.1. The zero-order valence-electron chi connectivity index (χ0n) is 17.1. The highest BCUT2D eigenvalue weighted by molar-refractivity contribution is 5.84. The number of nitrogens with zero attached hydrogens (tertiary/aromatic N) is 4. The summed E-state index contributed by atoms with van der Waals surface area (Å²) in [5.41, 5.74) is 1.97. The summed E-state index contributed by atoms with van der Waals surface area (Å²) in [7, 11) is 0. The van der Waals surface area contributed by atoms with Gasteiger partial charge >= 0.3 is 11.7 Å². The summed E-state index contributed by atoms with van der Waals surface area (Å²) in [6, 6.07) is 3.78. The number of hydrogen-bond donors (Lipinski definition) is 2. The van der Waals surface area contributed by atoms with Crippen LogP contribution in [0.25, 0.3) is 22.6 Å². The number of rotatable bonds is 9. The second-order valence-corrected chi connectivity index (χ2v) is 7.21. The van der Waals surface area contributed by atoms with E-state index in [-0.39, 0.29) is 17.9 Å². The molecule has 2 N–H and O–H groups in total. The van der Waals surface area contributed by atoms with E-state index in [2.05, 4.69) is 19.9 Å². The van der Waals surface area contributed by atoms with Crippen molar-refractivity contribution < 1.29 is 9.90 Å². The first-order chi connectivity index (χ1) is 14.4. The Morgan fingerprint density at radius 1 is 1.20 bits per heavy atom. The van der Waals surface area contributed by atoms with Crippen molar-refractivity contribution >= 4 is 28.9 Å². The van der Waals surface area contributed by atoms with Crippen LogP contribution in [0.15, 0.2) is 26.7 Å². The van der Waals surface area contributed by atoms with Crippen LogP contribution in [0.1, 0.15) is 51.0 Å². The van der Waals surface area contributed by atoms with E-state index in [0.29, 0.717) is 18.5 Å². The quantitative estimate of drug-likeness (QED) is 0.316. The second-order valence-electron chi connectivity index (χ2n) is 7.21. The Morgan fingerprint density at radius 3 is 2.70 bits per heavy atom. The highest BCUT2D eigenvalue weighted by Crippen LogP contribution is 2.28. The molecule has 2 heterocycles. The molecule has 1 aromatic rings. The fourth-order valence-electron chi connectivity index (χ4n) is 3.39. The lowest BCUT2D eigenvalue weighted by Crippen LogP contribution is -2.29. The molecule has 0 saturated carbocycles. The van der Waals surface area contributed by atoms with Crippen LogP contribution in [0.3, 0.4) is 0 Å². The fraction of sp³-hybridized carbons (Fsp3) is 0.429. The molecule has 0 aromatic heterocycles. The predicted octanol–water partition coefficient (Wildman–Crippen LogP) is 3.04. The molecular weight excluding hydrogens is 386 g/mol. The lowest BCUT2D eigenvalue weighted by atomic mass is 10.1. The highest BCUT2D eigenvalue weighted by Gasteiger charge is 2.19. The molecule has 158 valence electrons. The molecular formula is C21H25N5O4. The number of aryl methyl sites for hydroxylation is 2. The number of carboxylic acid groups (broad SMARTS) is 1. The lowest BCUT2D eigenvalue weighted by Gasteiger charge is -2.17. The molecule has 9 nitrogen and oxygen atoms in total. The van der Waals surface area contributed by atoms with Gasteiger partial charge in [-0.2, -0.15) is 4.98 Å². The van der Waals surface area contributed by atoms with Gasteiger partial charge in [-0.1, -0.05) is 19.8 Å². The van der Waals surface area contributed by atoms with Gasteiger partial charge in [-0.25, -0.2) is 9.78 Å². The molecule has 1 aromatic carbocycles. The number of fused-ring (bicyclic) bond motifs is 2. The summed E-state index contributed by atoms with van der Waals surface area (Å²) < 4.78 is 1.84. The van der Waals surface area contributed by atoms with Gasteiger partial charge in [0.15, 0.2) is 11.5 Å². The van der Waals surface area contributed by atoms with Crippen molar-refractivity contribution in [1.82, 2.24) is 19.5 Å². The zero-order chi connectivity index (χ0) is 21.7. The minimum Gasteiger partial charge on any atom is -0.481 e.